The molecule has 4 aromatic rings. The Morgan fingerprint density at radius 3 is 2.27 bits per heavy atom. The molecule has 0 saturated carbocycles. The number of aromatic amines is 1. The fourth-order valence-electron chi connectivity index (χ4n) is 3.81. The predicted octanol–water partition coefficient (Wildman–Crippen LogP) is 4.12. The topological polar surface area (TPSA) is 87.3 Å². The van der Waals surface area contributed by atoms with E-state index in [0.29, 0.717) is 26.1 Å². The first-order chi connectivity index (χ1) is 18.2. The van der Waals surface area contributed by atoms with Crippen LogP contribution in [0.25, 0.3) is 0 Å². The Bertz CT molecular complexity index is 1230. The van der Waals surface area contributed by atoms with Gasteiger partial charge >= 0.3 is 0 Å². The third-order valence-corrected chi connectivity index (χ3v) is 5.82. The highest BCUT2D eigenvalue weighted by molar-refractivity contribution is 5.89. The molecule has 0 unspecified atom stereocenters. The highest BCUT2D eigenvalue weighted by Gasteiger charge is 2.18. The zero-order valence-corrected chi connectivity index (χ0v) is 20.7. The second kappa shape index (κ2) is 13.6. The van der Waals surface area contributed by atoms with Crippen LogP contribution in [0, 0.1) is 6.42 Å². The van der Waals surface area contributed by atoms with Gasteiger partial charge in [0.05, 0.1) is 19.3 Å². The van der Waals surface area contributed by atoms with Crippen molar-refractivity contribution >= 4 is 11.8 Å². The van der Waals surface area contributed by atoms with E-state index in [-0.39, 0.29) is 18.4 Å². The molecule has 1 aromatic heterocycles. The summed E-state index contributed by atoms with van der Waals surface area (Å²) in [7, 11) is 0. The van der Waals surface area contributed by atoms with Crippen molar-refractivity contribution < 1.29 is 14.3 Å². The highest BCUT2D eigenvalue weighted by atomic mass is 16.5. The minimum atomic E-state index is -0.211. The van der Waals surface area contributed by atoms with Crippen LogP contribution in [0.3, 0.4) is 0 Å². The number of ether oxygens (including phenoxy) is 1. The molecule has 0 bridgehead atoms. The van der Waals surface area contributed by atoms with Gasteiger partial charge in [-0.3, -0.25) is 9.59 Å². The molecular weight excluding hydrogens is 464 g/mol. The maximum absolute atomic E-state index is 13.0. The summed E-state index contributed by atoms with van der Waals surface area (Å²) >= 11 is 0. The molecule has 0 fully saturated rings. The second-order valence-electron chi connectivity index (χ2n) is 8.68. The van der Waals surface area contributed by atoms with Gasteiger partial charge in [0.15, 0.2) is 0 Å². The van der Waals surface area contributed by atoms with Gasteiger partial charge in [-0.05, 0) is 35.2 Å². The van der Waals surface area contributed by atoms with Crippen LogP contribution in [0.15, 0.2) is 97.5 Å². The van der Waals surface area contributed by atoms with E-state index in [9.17, 15) is 9.59 Å². The molecule has 0 atom stereocenters. The summed E-state index contributed by atoms with van der Waals surface area (Å²) in [4.78, 5) is 34.2. The fraction of sp³-hybridized carbons (Fsp3) is 0.200. The molecule has 7 nitrogen and oxygen atoms in total. The van der Waals surface area contributed by atoms with Gasteiger partial charge in [-0.15, -0.1) is 0 Å². The van der Waals surface area contributed by atoms with E-state index in [1.54, 1.807) is 23.8 Å². The van der Waals surface area contributed by atoms with Crippen molar-refractivity contribution in [1.29, 1.82) is 0 Å². The lowest BCUT2D eigenvalue weighted by atomic mass is 10.1. The number of rotatable bonds is 13. The monoisotopic (exact) mass is 495 g/mol. The Hall–Kier alpha value is -4.39. The van der Waals surface area contributed by atoms with Gasteiger partial charge in [0.25, 0.3) is 0 Å². The molecule has 2 N–H and O–H groups in total. The number of nitrogens with one attached hydrogen (secondary N) is 2. The average Bonchev–Trinajstić information content (AvgIpc) is 3.46. The third-order valence-electron chi connectivity index (χ3n) is 5.82. The number of amides is 2. The lowest BCUT2D eigenvalue weighted by Gasteiger charge is -2.22. The number of carbonyl (C=O) groups is 2. The summed E-state index contributed by atoms with van der Waals surface area (Å²) in [5, 5.41) is 2.93. The Morgan fingerprint density at radius 2 is 1.59 bits per heavy atom. The number of imidazole rings is 1. The second-order valence-corrected chi connectivity index (χ2v) is 8.68. The zero-order chi connectivity index (χ0) is 25.7. The summed E-state index contributed by atoms with van der Waals surface area (Å²) in [5.41, 5.74) is 3.99. The van der Waals surface area contributed by atoms with Crippen LogP contribution >= 0.6 is 0 Å². The minimum absolute atomic E-state index is 0.0284. The van der Waals surface area contributed by atoms with Gasteiger partial charge in [0, 0.05) is 31.4 Å². The fourth-order valence-corrected chi connectivity index (χ4v) is 3.81. The normalized spacial score (nSPS) is 10.6. The van der Waals surface area contributed by atoms with Crippen molar-refractivity contribution in [3.05, 3.63) is 126 Å². The largest absolute Gasteiger partial charge is 0.489 e. The molecule has 7 heteroatoms. The quantitative estimate of drug-likeness (QED) is 0.292. The first-order valence-corrected chi connectivity index (χ1v) is 12.3. The molecule has 2 amide bonds. The first kappa shape index (κ1) is 25.7. The molecule has 0 spiro atoms. The van der Waals surface area contributed by atoms with Crippen molar-refractivity contribution in [1.82, 2.24) is 20.2 Å². The van der Waals surface area contributed by atoms with Gasteiger partial charge in [-0.2, -0.15) is 0 Å². The number of H-pyrrole nitrogens is 1. The SMILES string of the molecule is O=C(CN(Cc1ccc(OCc2ccccc2)cc1)C(=O)[CH]Cc1cnc[nH]1)NCCc1ccccc1. The number of hydrogen-bond donors (Lipinski definition) is 2. The molecule has 0 aliphatic rings. The van der Waals surface area contributed by atoms with E-state index >= 15 is 0 Å². The van der Waals surface area contributed by atoms with Crippen molar-refractivity contribution in [3.8, 4) is 5.75 Å². The number of benzene rings is 3. The molecule has 3 aromatic carbocycles. The van der Waals surface area contributed by atoms with E-state index in [0.717, 1.165) is 34.6 Å². The molecule has 4 rings (SSSR count). The summed E-state index contributed by atoms with van der Waals surface area (Å²) in [6.45, 7) is 1.27. The Morgan fingerprint density at radius 1 is 0.892 bits per heavy atom. The van der Waals surface area contributed by atoms with E-state index in [2.05, 4.69) is 15.3 Å². The van der Waals surface area contributed by atoms with Gasteiger partial charge in [-0.25, -0.2) is 4.98 Å². The van der Waals surface area contributed by atoms with Crippen LogP contribution in [0.5, 0.6) is 5.75 Å². The van der Waals surface area contributed by atoms with Gasteiger partial charge in [0.2, 0.25) is 11.8 Å². The van der Waals surface area contributed by atoms with Crippen LogP contribution < -0.4 is 10.1 Å². The smallest absolute Gasteiger partial charge is 0.239 e. The predicted molar refractivity (Wildman–Crippen MR) is 142 cm³/mol. The van der Waals surface area contributed by atoms with Crippen LogP contribution in [-0.2, 0) is 35.6 Å². The number of hydrogen-bond acceptors (Lipinski definition) is 4. The molecule has 0 saturated heterocycles. The zero-order valence-electron chi connectivity index (χ0n) is 20.7. The van der Waals surface area contributed by atoms with Crippen molar-refractivity contribution in [3.63, 3.8) is 0 Å². The lowest BCUT2D eigenvalue weighted by Crippen LogP contribution is -2.41. The summed E-state index contributed by atoms with van der Waals surface area (Å²) in [5.74, 6) is 0.342. The van der Waals surface area contributed by atoms with E-state index in [1.165, 1.54) is 0 Å². The first-order valence-electron chi connectivity index (χ1n) is 12.3. The lowest BCUT2D eigenvalue weighted by molar-refractivity contribution is -0.134. The minimum Gasteiger partial charge on any atom is -0.489 e. The molecular formula is C30H31N4O3. The van der Waals surface area contributed by atoms with Crippen molar-refractivity contribution in [2.75, 3.05) is 13.1 Å². The summed E-state index contributed by atoms with van der Waals surface area (Å²) < 4.78 is 5.86. The summed E-state index contributed by atoms with van der Waals surface area (Å²) in [6, 6.07) is 27.5. The Balaban J connectivity index is 1.33. The molecule has 1 radical (unpaired) electrons. The van der Waals surface area contributed by atoms with Crippen molar-refractivity contribution in [2.45, 2.75) is 26.0 Å². The van der Waals surface area contributed by atoms with Crippen molar-refractivity contribution in [2.24, 2.45) is 0 Å². The van der Waals surface area contributed by atoms with E-state index in [4.69, 9.17) is 4.74 Å². The van der Waals surface area contributed by atoms with Gasteiger partial charge < -0.3 is 19.9 Å². The Labute approximate surface area is 217 Å². The third kappa shape index (κ3) is 8.65. The Kier molecular flexibility index (Phi) is 9.47. The molecule has 37 heavy (non-hydrogen) atoms. The van der Waals surface area contributed by atoms with E-state index < -0.39 is 0 Å². The summed E-state index contributed by atoms with van der Waals surface area (Å²) in [6.07, 6.45) is 5.97. The van der Waals surface area contributed by atoms with E-state index in [1.807, 2.05) is 84.9 Å². The maximum Gasteiger partial charge on any atom is 0.239 e. The van der Waals surface area contributed by atoms with Gasteiger partial charge in [-0.1, -0.05) is 72.8 Å². The standard InChI is InChI=1S/C30H31N4O3/c35-29(32-18-17-24-7-3-1-4-8-24)21-34(30(36)16-13-27-19-31-23-33-27)20-25-11-14-28(15-12-25)37-22-26-9-5-2-6-10-26/h1-12,14-16,19,23H,13,17-18,20-22H2,(H,31,33)(H,32,35). The number of nitrogens with zero attached hydrogens (tertiary/aromatic N) is 2. The average molecular weight is 496 g/mol. The van der Waals surface area contributed by atoms with Crippen LogP contribution in [0.1, 0.15) is 22.4 Å². The number of carbonyl (C=O) groups excluding carboxylic acids is 2. The molecule has 0 aliphatic carbocycles. The van der Waals surface area contributed by atoms with Crippen LogP contribution in [-0.4, -0.2) is 39.8 Å². The maximum atomic E-state index is 13.0. The van der Waals surface area contributed by atoms with Gasteiger partial charge in [0.1, 0.15) is 12.4 Å². The molecule has 0 aliphatic heterocycles. The number of aromatic nitrogens is 2. The van der Waals surface area contributed by atoms with Crippen LogP contribution in [0.4, 0.5) is 0 Å². The highest BCUT2D eigenvalue weighted by Crippen LogP contribution is 2.16. The molecule has 189 valence electrons. The van der Waals surface area contributed by atoms with Crippen LogP contribution in [0.2, 0.25) is 0 Å². The molecule has 1 heterocycles.